The molecule has 0 bridgehead atoms. The summed E-state index contributed by atoms with van der Waals surface area (Å²) in [7, 11) is 0. The van der Waals surface area contributed by atoms with E-state index in [0.29, 0.717) is 18.0 Å². The van der Waals surface area contributed by atoms with E-state index in [9.17, 15) is 9.59 Å². The van der Waals surface area contributed by atoms with E-state index in [2.05, 4.69) is 49.8 Å². The Bertz CT molecular complexity index is 994. The number of anilines is 1. The number of ether oxygens (including phenoxy) is 1. The zero-order valence-corrected chi connectivity index (χ0v) is 22.1. The van der Waals surface area contributed by atoms with Gasteiger partial charge in [0.15, 0.2) is 6.61 Å². The summed E-state index contributed by atoms with van der Waals surface area (Å²) in [5.41, 5.74) is 2.24. The molecule has 186 valence electrons. The lowest BCUT2D eigenvalue weighted by Crippen LogP contribution is -2.38. The molecular formula is C26H38N4O3S. The molecule has 0 saturated heterocycles. The first-order chi connectivity index (χ1) is 16.1. The van der Waals surface area contributed by atoms with Gasteiger partial charge in [-0.2, -0.15) is 0 Å². The summed E-state index contributed by atoms with van der Waals surface area (Å²) < 4.78 is 5.64. The van der Waals surface area contributed by atoms with Crippen LogP contribution >= 0.6 is 11.3 Å². The van der Waals surface area contributed by atoms with Crippen molar-refractivity contribution in [1.29, 1.82) is 0 Å². The van der Waals surface area contributed by atoms with Crippen LogP contribution in [0, 0.1) is 0 Å². The van der Waals surface area contributed by atoms with Crippen LogP contribution in [-0.4, -0.2) is 54.0 Å². The Kier molecular flexibility index (Phi) is 8.71. The first-order valence-corrected chi connectivity index (χ1v) is 13.1. The molecule has 0 radical (unpaired) electrons. The minimum absolute atomic E-state index is 0.00554. The number of carbonyl (C=O) groups is 2. The third kappa shape index (κ3) is 6.57. The molecule has 2 aromatic rings. The molecule has 0 aliphatic carbocycles. The van der Waals surface area contributed by atoms with E-state index in [4.69, 9.17) is 4.74 Å². The smallest absolute Gasteiger partial charge is 0.270 e. The predicted octanol–water partition coefficient (Wildman–Crippen LogP) is 4.61. The maximum atomic E-state index is 12.7. The number of amides is 2. The summed E-state index contributed by atoms with van der Waals surface area (Å²) in [6.07, 6.45) is 1.97. The average molecular weight is 487 g/mol. The van der Waals surface area contributed by atoms with E-state index >= 15 is 0 Å². The molecule has 0 spiro atoms. The molecule has 3 rings (SSSR count). The second-order valence-electron chi connectivity index (χ2n) is 9.87. The molecule has 2 heterocycles. The van der Waals surface area contributed by atoms with Gasteiger partial charge in [-0.15, -0.1) is 11.3 Å². The number of hydrogen-bond acceptors (Lipinski definition) is 6. The van der Waals surface area contributed by atoms with Crippen molar-refractivity contribution in [1.82, 2.24) is 15.2 Å². The van der Waals surface area contributed by atoms with E-state index in [1.54, 1.807) is 10.3 Å². The van der Waals surface area contributed by atoms with Gasteiger partial charge in [-0.1, -0.05) is 40.7 Å². The predicted molar refractivity (Wildman–Crippen MR) is 138 cm³/mol. The Labute approximate surface area is 207 Å². The van der Waals surface area contributed by atoms with Crippen molar-refractivity contribution in [3.63, 3.8) is 0 Å². The Morgan fingerprint density at radius 2 is 2.03 bits per heavy atom. The Hall–Kier alpha value is -2.45. The van der Waals surface area contributed by atoms with Crippen molar-refractivity contribution in [2.24, 2.45) is 0 Å². The van der Waals surface area contributed by atoms with Gasteiger partial charge in [0.1, 0.15) is 16.5 Å². The summed E-state index contributed by atoms with van der Waals surface area (Å²) in [6, 6.07) is 6.07. The number of benzene rings is 1. The van der Waals surface area contributed by atoms with Gasteiger partial charge in [-0.3, -0.25) is 14.5 Å². The first kappa shape index (κ1) is 26.2. The van der Waals surface area contributed by atoms with Gasteiger partial charge in [-0.25, -0.2) is 4.98 Å². The van der Waals surface area contributed by atoms with Crippen LogP contribution in [0.15, 0.2) is 23.6 Å². The SMILES string of the molecule is CCN(CC)CCCC(C)NC(=O)c1csc(CN2C(=O)COc3ccc(C(C)(C)C)cc32)n1. The number of thiazole rings is 1. The summed E-state index contributed by atoms with van der Waals surface area (Å²) >= 11 is 1.40. The number of carbonyl (C=O) groups excluding carboxylic acids is 2. The van der Waals surface area contributed by atoms with Crippen molar-refractivity contribution in [2.75, 3.05) is 31.1 Å². The van der Waals surface area contributed by atoms with Crippen LogP contribution in [0.5, 0.6) is 5.75 Å². The fraction of sp³-hybridized carbons (Fsp3) is 0.577. The molecule has 1 N–H and O–H groups in total. The van der Waals surface area contributed by atoms with E-state index in [-0.39, 0.29) is 29.9 Å². The molecule has 7 nitrogen and oxygen atoms in total. The van der Waals surface area contributed by atoms with Gasteiger partial charge < -0.3 is 15.0 Å². The number of nitrogens with one attached hydrogen (secondary N) is 1. The molecule has 0 saturated carbocycles. The second-order valence-corrected chi connectivity index (χ2v) is 10.8. The lowest BCUT2D eigenvalue weighted by molar-refractivity contribution is -0.121. The van der Waals surface area contributed by atoms with Crippen LogP contribution in [0.1, 0.15) is 75.4 Å². The third-order valence-electron chi connectivity index (χ3n) is 6.23. The molecule has 1 unspecified atom stereocenters. The number of aromatic nitrogens is 1. The zero-order chi connectivity index (χ0) is 24.9. The minimum atomic E-state index is -0.165. The molecule has 1 aliphatic heterocycles. The van der Waals surface area contributed by atoms with Crippen molar-refractivity contribution < 1.29 is 14.3 Å². The summed E-state index contributed by atoms with van der Waals surface area (Å²) in [5, 5.41) is 5.55. The van der Waals surface area contributed by atoms with Crippen LogP contribution < -0.4 is 15.0 Å². The standard InChI is InChI=1S/C26H38N4O3S/c1-7-29(8-2)13-9-10-18(3)27-25(32)20-17-34-23(28-20)15-30-21-14-19(26(4,5)6)11-12-22(21)33-16-24(30)31/h11-12,14,17-18H,7-10,13,15-16H2,1-6H3,(H,27,32). The van der Waals surface area contributed by atoms with Gasteiger partial charge in [0.05, 0.1) is 12.2 Å². The quantitative estimate of drug-likeness (QED) is 0.531. The van der Waals surface area contributed by atoms with E-state index < -0.39 is 0 Å². The monoisotopic (exact) mass is 486 g/mol. The van der Waals surface area contributed by atoms with Crippen molar-refractivity contribution in [3.8, 4) is 5.75 Å². The normalized spacial score (nSPS) is 14.7. The molecule has 1 atom stereocenters. The highest BCUT2D eigenvalue weighted by Gasteiger charge is 2.28. The van der Waals surface area contributed by atoms with Crippen molar-refractivity contribution in [2.45, 2.75) is 72.4 Å². The molecule has 1 aromatic heterocycles. The van der Waals surface area contributed by atoms with Crippen molar-refractivity contribution >= 4 is 28.8 Å². The molecule has 2 amide bonds. The third-order valence-corrected chi connectivity index (χ3v) is 7.06. The second kappa shape index (κ2) is 11.3. The fourth-order valence-electron chi connectivity index (χ4n) is 4.00. The van der Waals surface area contributed by atoms with Gasteiger partial charge >= 0.3 is 0 Å². The minimum Gasteiger partial charge on any atom is -0.482 e. The molecule has 8 heteroatoms. The Morgan fingerprint density at radius 3 is 2.71 bits per heavy atom. The van der Waals surface area contributed by atoms with Gasteiger partial charge in [0.25, 0.3) is 11.8 Å². The fourth-order valence-corrected chi connectivity index (χ4v) is 4.76. The lowest BCUT2D eigenvalue weighted by atomic mass is 9.86. The number of hydrogen-bond donors (Lipinski definition) is 1. The molecule has 1 aromatic carbocycles. The summed E-state index contributed by atoms with van der Waals surface area (Å²) in [4.78, 5) is 34.0. The maximum Gasteiger partial charge on any atom is 0.270 e. The van der Waals surface area contributed by atoms with Crippen molar-refractivity contribution in [3.05, 3.63) is 39.8 Å². The number of nitrogens with zero attached hydrogens (tertiary/aromatic N) is 3. The summed E-state index contributed by atoms with van der Waals surface area (Å²) in [5.74, 6) is 0.420. The number of fused-ring (bicyclic) bond motifs is 1. The van der Waals surface area contributed by atoms with Gasteiger partial charge in [-0.05, 0) is 62.5 Å². The molecule has 34 heavy (non-hydrogen) atoms. The topological polar surface area (TPSA) is 74.8 Å². The van der Waals surface area contributed by atoms with Crippen LogP contribution in [0.2, 0.25) is 0 Å². The van der Waals surface area contributed by atoms with Crippen LogP contribution in [0.4, 0.5) is 5.69 Å². The molecule has 1 aliphatic rings. The van der Waals surface area contributed by atoms with Crippen LogP contribution in [0.3, 0.4) is 0 Å². The van der Waals surface area contributed by atoms with Crippen LogP contribution in [-0.2, 0) is 16.8 Å². The maximum absolute atomic E-state index is 12.7. The van der Waals surface area contributed by atoms with E-state index in [1.165, 1.54) is 11.3 Å². The lowest BCUT2D eigenvalue weighted by Gasteiger charge is -2.31. The van der Waals surface area contributed by atoms with E-state index in [0.717, 1.165) is 48.7 Å². The summed E-state index contributed by atoms with van der Waals surface area (Å²) in [6.45, 7) is 16.2. The first-order valence-electron chi connectivity index (χ1n) is 12.2. The molecular weight excluding hydrogens is 448 g/mol. The number of rotatable bonds is 10. The molecule has 0 fully saturated rings. The Balaban J connectivity index is 1.63. The highest BCUT2D eigenvalue weighted by molar-refractivity contribution is 7.09. The average Bonchev–Trinajstić information content (AvgIpc) is 3.26. The van der Waals surface area contributed by atoms with Gasteiger partial charge in [0.2, 0.25) is 0 Å². The highest BCUT2D eigenvalue weighted by atomic mass is 32.1. The zero-order valence-electron chi connectivity index (χ0n) is 21.3. The highest BCUT2D eigenvalue weighted by Crippen LogP contribution is 2.37. The van der Waals surface area contributed by atoms with E-state index in [1.807, 2.05) is 25.1 Å². The van der Waals surface area contributed by atoms with Gasteiger partial charge in [0, 0.05) is 11.4 Å². The van der Waals surface area contributed by atoms with Crippen LogP contribution in [0.25, 0.3) is 0 Å². The Morgan fingerprint density at radius 1 is 1.29 bits per heavy atom. The largest absolute Gasteiger partial charge is 0.482 e.